The summed E-state index contributed by atoms with van der Waals surface area (Å²) in [7, 11) is 0. The van der Waals surface area contributed by atoms with Crippen LogP contribution in [-0.2, 0) is 14.3 Å². The number of carbonyl (C=O) groups is 4. The van der Waals surface area contributed by atoms with Gasteiger partial charge in [-0.05, 0) is 83.1 Å². The second-order valence-corrected chi connectivity index (χ2v) is 16.1. The van der Waals surface area contributed by atoms with E-state index in [0.717, 1.165) is 70.3 Å². The van der Waals surface area contributed by atoms with Crippen molar-refractivity contribution in [1.29, 1.82) is 0 Å². The highest BCUT2D eigenvalue weighted by Gasteiger charge is 2.43. The highest BCUT2D eigenvalue weighted by Crippen LogP contribution is 2.47. The number of hydrogen-bond donors (Lipinski definition) is 4. The molecule has 53 heavy (non-hydrogen) atoms. The van der Waals surface area contributed by atoms with E-state index in [1.54, 1.807) is 31.5 Å². The number of rotatable bonds is 14. The zero-order chi connectivity index (χ0) is 39.1. The highest BCUT2D eigenvalue weighted by atomic mass is 19.3. The van der Waals surface area contributed by atoms with Gasteiger partial charge in [-0.1, -0.05) is 70.3 Å². The molecule has 2 saturated carbocycles. The van der Waals surface area contributed by atoms with Crippen LogP contribution in [0.1, 0.15) is 145 Å². The molecule has 0 radical (unpaired) electrons. The Morgan fingerprint density at radius 1 is 0.887 bits per heavy atom. The summed E-state index contributed by atoms with van der Waals surface area (Å²) in [5.74, 6) is -7.45. The first-order valence-corrected chi connectivity index (χ1v) is 19.0. The van der Waals surface area contributed by atoms with Gasteiger partial charge in [0.25, 0.3) is 11.8 Å². The van der Waals surface area contributed by atoms with Crippen LogP contribution in [0.15, 0.2) is 24.3 Å². The van der Waals surface area contributed by atoms with Crippen molar-refractivity contribution in [2.75, 3.05) is 18.4 Å². The molecule has 2 aromatic rings. The molecule has 0 saturated heterocycles. The van der Waals surface area contributed by atoms with Crippen LogP contribution in [0.4, 0.5) is 23.7 Å². The van der Waals surface area contributed by atoms with Crippen molar-refractivity contribution < 1.29 is 37.1 Å². The second-order valence-electron chi connectivity index (χ2n) is 16.1. The average Bonchev–Trinajstić information content (AvgIpc) is 3.55. The first-order valence-electron chi connectivity index (χ1n) is 19.0. The number of amides is 4. The number of alkyl carbamates (subject to hydrolysis) is 1. The molecule has 1 aromatic heterocycles. The summed E-state index contributed by atoms with van der Waals surface area (Å²) in [5, 5.41) is 11.8. The number of alkyl halides is 2. The van der Waals surface area contributed by atoms with E-state index < -0.39 is 66.1 Å². The number of ether oxygens (including phenoxy) is 1. The zero-order valence-electron chi connectivity index (χ0n) is 31.9. The standard InChI is InChI=1S/C39H57F3N6O5/c1-23(2)48-31(34(43)49)20-30(47-48)33(32(25-13-9-7-10-14-25)26-15-11-8-12-16-26)36(51)46-29-18-17-27(19-28(29)40)24(3)35(50)44-21-39(41,42)22-45-37(52)53-38(4,5)6/h17-20,23-26,32-33H,7-16,21-22H2,1-6H3,(H2,43,49)(H,44,50)(H,45,52)(H,46,51)/t24-,33+/m0/s1. The van der Waals surface area contributed by atoms with Gasteiger partial charge in [0.05, 0.1) is 36.3 Å². The van der Waals surface area contributed by atoms with E-state index in [1.165, 1.54) is 19.1 Å². The van der Waals surface area contributed by atoms with Crippen LogP contribution in [0.3, 0.4) is 0 Å². The third-order valence-corrected chi connectivity index (χ3v) is 10.4. The summed E-state index contributed by atoms with van der Waals surface area (Å²) in [6, 6.07) is 5.36. The van der Waals surface area contributed by atoms with Crippen LogP contribution in [0.25, 0.3) is 0 Å². The Bertz CT molecular complexity index is 1580. The summed E-state index contributed by atoms with van der Waals surface area (Å²) in [6.07, 6.45) is 9.46. The molecule has 1 heterocycles. The average molecular weight is 747 g/mol. The number of anilines is 1. The second kappa shape index (κ2) is 17.8. The van der Waals surface area contributed by atoms with Crippen molar-refractivity contribution in [2.24, 2.45) is 23.5 Å². The maximum Gasteiger partial charge on any atom is 0.407 e. The van der Waals surface area contributed by atoms with Crippen LogP contribution >= 0.6 is 0 Å². The quantitative estimate of drug-likeness (QED) is 0.156. The van der Waals surface area contributed by atoms with Gasteiger partial charge in [-0.2, -0.15) is 5.10 Å². The maximum absolute atomic E-state index is 15.8. The normalized spacial score (nSPS) is 17.3. The van der Waals surface area contributed by atoms with Gasteiger partial charge in [0, 0.05) is 6.04 Å². The molecule has 1 aromatic carbocycles. The van der Waals surface area contributed by atoms with Crippen molar-refractivity contribution in [3.05, 3.63) is 47.0 Å². The third-order valence-electron chi connectivity index (χ3n) is 10.4. The van der Waals surface area contributed by atoms with Crippen molar-refractivity contribution in [2.45, 2.75) is 135 Å². The van der Waals surface area contributed by atoms with E-state index in [4.69, 9.17) is 15.6 Å². The molecule has 2 fully saturated rings. The van der Waals surface area contributed by atoms with Gasteiger partial charge in [0.1, 0.15) is 17.1 Å². The monoisotopic (exact) mass is 746 g/mol. The van der Waals surface area contributed by atoms with Crippen LogP contribution < -0.4 is 21.7 Å². The topological polar surface area (TPSA) is 157 Å². The SMILES string of the molecule is CC(C)n1nc([C@@H](C(=O)Nc2ccc([C@H](C)C(=O)NCC(F)(F)CNC(=O)OC(C)(C)C)cc2F)C(C2CCCCC2)C2CCCCC2)cc1C(N)=O. The Labute approximate surface area is 310 Å². The first kappa shape index (κ1) is 41.7. The largest absolute Gasteiger partial charge is 0.444 e. The molecular weight excluding hydrogens is 689 g/mol. The predicted molar refractivity (Wildman–Crippen MR) is 196 cm³/mol. The Hall–Kier alpha value is -4.10. The number of nitrogens with two attached hydrogens (primary N) is 1. The molecule has 294 valence electrons. The van der Waals surface area contributed by atoms with Gasteiger partial charge < -0.3 is 26.4 Å². The molecule has 14 heteroatoms. The van der Waals surface area contributed by atoms with E-state index >= 15 is 4.39 Å². The lowest BCUT2D eigenvalue weighted by Crippen LogP contribution is -2.46. The van der Waals surface area contributed by atoms with Gasteiger partial charge in [-0.25, -0.2) is 18.0 Å². The number of aromatic nitrogens is 2. The van der Waals surface area contributed by atoms with Gasteiger partial charge in [-0.15, -0.1) is 0 Å². The molecule has 0 unspecified atom stereocenters. The highest BCUT2D eigenvalue weighted by molar-refractivity contribution is 5.97. The Kier molecular flexibility index (Phi) is 14.0. The molecule has 11 nitrogen and oxygen atoms in total. The summed E-state index contributed by atoms with van der Waals surface area (Å²) < 4.78 is 51.2. The number of nitrogens with zero attached hydrogens (tertiary/aromatic N) is 2. The molecule has 4 rings (SSSR count). The Balaban J connectivity index is 1.54. The van der Waals surface area contributed by atoms with E-state index in [0.29, 0.717) is 5.69 Å². The third kappa shape index (κ3) is 11.4. The lowest BCUT2D eigenvalue weighted by molar-refractivity contribution is -0.124. The minimum atomic E-state index is -3.47. The van der Waals surface area contributed by atoms with Crippen molar-refractivity contribution in [3.8, 4) is 0 Å². The Morgan fingerprint density at radius 2 is 1.45 bits per heavy atom. The lowest BCUT2D eigenvalue weighted by atomic mass is 9.64. The van der Waals surface area contributed by atoms with Gasteiger partial charge >= 0.3 is 6.09 Å². The van der Waals surface area contributed by atoms with E-state index in [2.05, 4.69) is 10.6 Å². The number of primary amides is 1. The van der Waals surface area contributed by atoms with Crippen molar-refractivity contribution in [1.82, 2.24) is 20.4 Å². The van der Waals surface area contributed by atoms with Crippen LogP contribution in [0.5, 0.6) is 0 Å². The van der Waals surface area contributed by atoms with Crippen LogP contribution in [0.2, 0.25) is 0 Å². The number of carbonyl (C=O) groups excluding carboxylic acids is 4. The molecule has 2 atom stereocenters. The number of benzene rings is 1. The number of nitrogens with one attached hydrogen (secondary N) is 3. The number of halogens is 3. The maximum atomic E-state index is 15.8. The fraction of sp³-hybridized carbons (Fsp3) is 0.667. The summed E-state index contributed by atoms with van der Waals surface area (Å²) in [4.78, 5) is 51.6. The van der Waals surface area contributed by atoms with E-state index in [9.17, 15) is 28.0 Å². The summed E-state index contributed by atoms with van der Waals surface area (Å²) >= 11 is 0. The van der Waals surface area contributed by atoms with Gasteiger partial charge in [-0.3, -0.25) is 19.1 Å². The Morgan fingerprint density at radius 3 is 1.94 bits per heavy atom. The molecule has 0 aliphatic heterocycles. The van der Waals surface area contributed by atoms with Crippen LogP contribution in [-0.4, -0.2) is 58.2 Å². The molecule has 4 amide bonds. The summed E-state index contributed by atoms with van der Waals surface area (Å²) in [6.45, 7) is 7.91. The first-order chi connectivity index (χ1) is 24.9. The molecule has 2 aliphatic carbocycles. The predicted octanol–water partition coefficient (Wildman–Crippen LogP) is 7.58. The fourth-order valence-corrected chi connectivity index (χ4v) is 7.83. The molecule has 0 spiro atoms. The molecular formula is C39H57F3N6O5. The minimum Gasteiger partial charge on any atom is -0.444 e. The lowest BCUT2D eigenvalue weighted by Gasteiger charge is -2.41. The number of hydrogen-bond acceptors (Lipinski definition) is 6. The summed E-state index contributed by atoms with van der Waals surface area (Å²) in [5.41, 5.74) is 5.66. The zero-order valence-corrected chi connectivity index (χ0v) is 31.9. The molecule has 0 bridgehead atoms. The molecule has 2 aliphatic rings. The smallest absolute Gasteiger partial charge is 0.407 e. The van der Waals surface area contributed by atoms with Gasteiger partial charge in [0.15, 0.2) is 0 Å². The molecule has 5 N–H and O–H groups in total. The fourth-order valence-electron chi connectivity index (χ4n) is 7.83. The van der Waals surface area contributed by atoms with Crippen LogP contribution in [0, 0.1) is 23.6 Å². The van der Waals surface area contributed by atoms with E-state index in [-0.39, 0.29) is 40.7 Å². The van der Waals surface area contributed by atoms with Gasteiger partial charge in [0.2, 0.25) is 11.8 Å². The van der Waals surface area contributed by atoms with Crippen molar-refractivity contribution in [3.63, 3.8) is 0 Å². The van der Waals surface area contributed by atoms with E-state index in [1.807, 2.05) is 19.2 Å². The van der Waals surface area contributed by atoms with Crippen molar-refractivity contribution >= 4 is 29.5 Å². The minimum absolute atomic E-state index is 0.0737.